The van der Waals surface area contributed by atoms with E-state index in [1.807, 2.05) is 0 Å². The van der Waals surface area contributed by atoms with Crippen molar-refractivity contribution in [1.82, 2.24) is 9.55 Å². The Morgan fingerprint density at radius 1 is 1.31 bits per heavy atom. The van der Waals surface area contributed by atoms with E-state index in [1.165, 1.54) is 31.5 Å². The van der Waals surface area contributed by atoms with Crippen LogP contribution >= 0.6 is 7.60 Å². The zero-order valence-corrected chi connectivity index (χ0v) is 15.8. The number of aromatic nitrogens is 2. The molecule has 1 fully saturated rings. The summed E-state index contributed by atoms with van der Waals surface area (Å²) in [6, 6.07) is 0. The molecular weight excluding hydrogens is 373 g/mol. The van der Waals surface area contributed by atoms with Gasteiger partial charge in [0.2, 0.25) is 0 Å². The summed E-state index contributed by atoms with van der Waals surface area (Å²) in [5, 5.41) is 0. The standard InChI is InChI=1S/C15H23F2N2O6P/c1-4-23-26(22,24-5-2)15(16,17)8-11-6-7-12(25-11)19-9-10(3)13(20)18-14(19)21/h9,11-12H,4-8H2,1-3H3,(H,18,20,21)/t11-,12+/m0/s1. The Morgan fingerprint density at radius 2 is 1.92 bits per heavy atom. The number of nitrogens with zero attached hydrogens (tertiary/aromatic N) is 1. The van der Waals surface area contributed by atoms with Gasteiger partial charge in [-0.2, -0.15) is 8.78 Å². The third-order valence-corrected chi connectivity index (χ3v) is 6.19. The average molecular weight is 396 g/mol. The lowest BCUT2D eigenvalue weighted by Gasteiger charge is -2.27. The summed E-state index contributed by atoms with van der Waals surface area (Å²) < 4.78 is 57.6. The Hall–Kier alpha value is -1.35. The van der Waals surface area contributed by atoms with Crippen LogP contribution in [-0.2, 0) is 18.3 Å². The van der Waals surface area contributed by atoms with Gasteiger partial charge in [0.1, 0.15) is 6.23 Å². The van der Waals surface area contributed by atoms with Gasteiger partial charge in [0.15, 0.2) is 0 Å². The number of hydrogen-bond acceptors (Lipinski definition) is 6. The third kappa shape index (κ3) is 4.31. The second kappa shape index (κ2) is 8.12. The summed E-state index contributed by atoms with van der Waals surface area (Å²) in [5.74, 6) is 0. The number of ether oxygens (including phenoxy) is 1. The molecule has 0 radical (unpaired) electrons. The van der Waals surface area contributed by atoms with E-state index in [-0.39, 0.29) is 19.6 Å². The Bertz CT molecular complexity index is 783. The molecule has 1 aliphatic rings. The maximum Gasteiger partial charge on any atom is 0.399 e. The molecule has 0 saturated carbocycles. The first-order valence-corrected chi connectivity index (χ1v) is 9.92. The van der Waals surface area contributed by atoms with Crippen LogP contribution in [0.2, 0.25) is 0 Å². The van der Waals surface area contributed by atoms with Gasteiger partial charge in [-0.3, -0.25) is 18.9 Å². The van der Waals surface area contributed by atoms with Crippen LogP contribution < -0.4 is 11.2 Å². The van der Waals surface area contributed by atoms with Crippen LogP contribution in [0.1, 0.15) is 44.9 Å². The van der Waals surface area contributed by atoms with Crippen LogP contribution in [0.3, 0.4) is 0 Å². The van der Waals surface area contributed by atoms with Crippen molar-refractivity contribution in [2.24, 2.45) is 0 Å². The number of hydrogen-bond donors (Lipinski definition) is 1. The third-order valence-electron chi connectivity index (χ3n) is 4.01. The highest BCUT2D eigenvalue weighted by Gasteiger charge is 2.55. The van der Waals surface area contributed by atoms with Gasteiger partial charge >= 0.3 is 18.9 Å². The number of nitrogens with one attached hydrogen (secondary N) is 1. The summed E-state index contributed by atoms with van der Waals surface area (Å²) in [6.07, 6.45) is -0.681. The lowest BCUT2D eigenvalue weighted by molar-refractivity contribution is -0.0523. The maximum atomic E-state index is 14.5. The van der Waals surface area contributed by atoms with Crippen molar-refractivity contribution in [3.63, 3.8) is 0 Å². The summed E-state index contributed by atoms with van der Waals surface area (Å²) in [6.45, 7) is 4.08. The molecule has 2 rings (SSSR count). The Morgan fingerprint density at radius 3 is 2.50 bits per heavy atom. The highest BCUT2D eigenvalue weighted by atomic mass is 31.2. The van der Waals surface area contributed by atoms with E-state index < -0.39 is 43.3 Å². The van der Waals surface area contributed by atoms with Gasteiger partial charge in [-0.25, -0.2) is 4.79 Å². The number of aryl methyl sites for hydroxylation is 1. The van der Waals surface area contributed by atoms with Gasteiger partial charge in [0.05, 0.1) is 19.3 Å². The monoisotopic (exact) mass is 396 g/mol. The molecule has 2 atom stereocenters. The number of H-pyrrole nitrogens is 1. The van der Waals surface area contributed by atoms with E-state index in [1.54, 1.807) is 0 Å². The first-order chi connectivity index (χ1) is 12.1. The number of aromatic amines is 1. The lowest BCUT2D eigenvalue weighted by atomic mass is 10.2. The van der Waals surface area contributed by atoms with Crippen molar-refractivity contribution in [3.05, 3.63) is 32.6 Å². The molecule has 0 aromatic carbocycles. The van der Waals surface area contributed by atoms with Crippen LogP contribution in [0, 0.1) is 6.92 Å². The highest BCUT2D eigenvalue weighted by molar-refractivity contribution is 7.55. The van der Waals surface area contributed by atoms with Crippen molar-refractivity contribution >= 4 is 7.60 Å². The van der Waals surface area contributed by atoms with Crippen molar-refractivity contribution in [2.45, 2.75) is 58.0 Å². The highest BCUT2D eigenvalue weighted by Crippen LogP contribution is 2.64. The molecule has 1 saturated heterocycles. The Labute approximate surface area is 149 Å². The summed E-state index contributed by atoms with van der Waals surface area (Å²) >= 11 is 0. The quantitative estimate of drug-likeness (QED) is 0.679. The smallest absolute Gasteiger partial charge is 0.354 e. The average Bonchev–Trinajstić information content (AvgIpc) is 2.98. The molecule has 0 aliphatic carbocycles. The van der Waals surface area contributed by atoms with Crippen molar-refractivity contribution in [2.75, 3.05) is 13.2 Å². The predicted octanol–water partition coefficient (Wildman–Crippen LogP) is 2.77. The van der Waals surface area contributed by atoms with E-state index in [9.17, 15) is 22.9 Å². The van der Waals surface area contributed by atoms with Gasteiger partial charge < -0.3 is 13.8 Å². The lowest BCUT2D eigenvalue weighted by Crippen LogP contribution is -2.33. The van der Waals surface area contributed by atoms with E-state index in [0.29, 0.717) is 12.0 Å². The molecule has 26 heavy (non-hydrogen) atoms. The maximum absolute atomic E-state index is 14.5. The van der Waals surface area contributed by atoms with Crippen molar-refractivity contribution in [1.29, 1.82) is 0 Å². The molecule has 2 heterocycles. The van der Waals surface area contributed by atoms with Crippen LogP contribution in [0.15, 0.2) is 15.8 Å². The Kier molecular flexibility index (Phi) is 6.55. The Balaban J connectivity index is 2.13. The van der Waals surface area contributed by atoms with E-state index in [4.69, 9.17) is 13.8 Å². The number of halogens is 2. The number of rotatable bonds is 8. The van der Waals surface area contributed by atoms with Crippen LogP contribution in [0.5, 0.6) is 0 Å². The zero-order chi connectivity index (χ0) is 19.5. The normalized spacial score (nSPS) is 21.3. The first kappa shape index (κ1) is 21.0. The minimum atomic E-state index is -4.62. The van der Waals surface area contributed by atoms with Crippen LogP contribution in [0.4, 0.5) is 8.78 Å². The van der Waals surface area contributed by atoms with Gasteiger partial charge in [-0.15, -0.1) is 0 Å². The summed E-state index contributed by atoms with van der Waals surface area (Å²) in [7, 11) is -4.62. The summed E-state index contributed by atoms with van der Waals surface area (Å²) in [4.78, 5) is 25.5. The minimum Gasteiger partial charge on any atom is -0.354 e. The van der Waals surface area contributed by atoms with Gasteiger partial charge in [-0.05, 0) is 33.6 Å². The zero-order valence-electron chi connectivity index (χ0n) is 14.9. The largest absolute Gasteiger partial charge is 0.399 e. The van der Waals surface area contributed by atoms with Crippen molar-refractivity contribution < 1.29 is 27.1 Å². The molecule has 11 heteroatoms. The molecule has 0 unspecified atom stereocenters. The number of alkyl halides is 2. The minimum absolute atomic E-state index is 0.174. The molecule has 1 N–H and O–H groups in total. The SMILES string of the molecule is CCOP(=O)(OCC)C(F)(F)C[C@@H]1CC[C@H](n2cc(C)c(=O)[nH]c2=O)O1. The fourth-order valence-electron chi connectivity index (χ4n) is 2.79. The molecule has 0 bridgehead atoms. The molecule has 1 aromatic rings. The van der Waals surface area contributed by atoms with Crippen molar-refractivity contribution in [3.8, 4) is 0 Å². The molecule has 0 spiro atoms. The van der Waals surface area contributed by atoms with Gasteiger partial charge in [-0.1, -0.05) is 0 Å². The molecular formula is C15H23F2N2O6P. The summed E-state index contributed by atoms with van der Waals surface area (Å²) in [5.41, 5.74) is -4.60. The van der Waals surface area contributed by atoms with Crippen LogP contribution in [-0.4, -0.2) is 34.5 Å². The van der Waals surface area contributed by atoms with E-state index >= 15 is 0 Å². The van der Waals surface area contributed by atoms with Crippen LogP contribution in [0.25, 0.3) is 0 Å². The molecule has 0 amide bonds. The van der Waals surface area contributed by atoms with Gasteiger partial charge in [0, 0.05) is 18.2 Å². The molecule has 1 aliphatic heterocycles. The second-order valence-electron chi connectivity index (χ2n) is 5.97. The molecule has 148 valence electrons. The van der Waals surface area contributed by atoms with E-state index in [2.05, 4.69) is 4.98 Å². The van der Waals surface area contributed by atoms with Gasteiger partial charge in [0.25, 0.3) is 5.56 Å². The fourth-order valence-corrected chi connectivity index (χ4v) is 4.35. The molecule has 8 nitrogen and oxygen atoms in total. The first-order valence-electron chi connectivity index (χ1n) is 8.38. The second-order valence-corrected chi connectivity index (χ2v) is 8.14. The molecule has 1 aromatic heterocycles. The van der Waals surface area contributed by atoms with E-state index in [0.717, 1.165) is 0 Å². The predicted molar refractivity (Wildman–Crippen MR) is 89.6 cm³/mol. The fraction of sp³-hybridized carbons (Fsp3) is 0.733. The topological polar surface area (TPSA) is 99.6 Å².